The van der Waals surface area contributed by atoms with Gasteiger partial charge in [-0.1, -0.05) is 26.7 Å². The Bertz CT molecular complexity index is 1080. The van der Waals surface area contributed by atoms with Crippen LogP contribution in [0.1, 0.15) is 57.4 Å². The van der Waals surface area contributed by atoms with Crippen LogP contribution < -0.4 is 10.6 Å². The van der Waals surface area contributed by atoms with Crippen LogP contribution in [0.25, 0.3) is 10.9 Å². The number of rotatable bonds is 7. The van der Waals surface area contributed by atoms with E-state index in [1.807, 2.05) is 26.1 Å². The number of likely N-dealkylation sites (tertiary alicyclic amines) is 2. The van der Waals surface area contributed by atoms with Gasteiger partial charge in [-0.05, 0) is 56.0 Å². The Labute approximate surface area is 206 Å². The van der Waals surface area contributed by atoms with Crippen LogP contribution in [0.2, 0.25) is 0 Å². The second kappa shape index (κ2) is 9.90. The lowest BCUT2D eigenvalue weighted by molar-refractivity contribution is -0.138. The molecule has 4 atom stereocenters. The van der Waals surface area contributed by atoms with Gasteiger partial charge in [-0.2, -0.15) is 0 Å². The van der Waals surface area contributed by atoms with Crippen molar-refractivity contribution in [3.05, 3.63) is 35.8 Å². The minimum atomic E-state index is -0.548. The lowest BCUT2D eigenvalue weighted by Crippen LogP contribution is -2.55. The molecule has 0 radical (unpaired) electrons. The molecule has 3 fully saturated rings. The van der Waals surface area contributed by atoms with Crippen molar-refractivity contribution in [2.75, 3.05) is 26.7 Å². The molecule has 2 aliphatic heterocycles. The number of hydrogen-bond acceptors (Lipinski definition) is 4. The molecular weight excluding hydrogens is 445 g/mol. The summed E-state index contributed by atoms with van der Waals surface area (Å²) in [6, 6.07) is 5.32. The first-order chi connectivity index (χ1) is 16.9. The number of fused-ring (bicyclic) bond motifs is 2. The fourth-order valence-electron chi connectivity index (χ4n) is 6.82. The fraction of sp³-hybridized carbons (Fsp3) is 0.630. The summed E-state index contributed by atoms with van der Waals surface area (Å²) in [5.74, 6) is -0.264. The summed E-state index contributed by atoms with van der Waals surface area (Å²) in [7, 11) is 1.73. The number of halogens is 1. The zero-order valence-electron chi connectivity index (χ0n) is 21.0. The largest absolute Gasteiger partial charge is 0.361 e. The average Bonchev–Trinajstić information content (AvgIpc) is 3.60. The fourth-order valence-corrected chi connectivity index (χ4v) is 6.82. The van der Waals surface area contributed by atoms with E-state index in [1.54, 1.807) is 13.1 Å². The molecule has 3 N–H and O–H groups in total. The van der Waals surface area contributed by atoms with Gasteiger partial charge in [0.05, 0.1) is 12.6 Å². The number of H-pyrrole nitrogens is 1. The molecule has 2 amide bonds. The van der Waals surface area contributed by atoms with Gasteiger partial charge in [-0.25, -0.2) is 4.39 Å². The van der Waals surface area contributed by atoms with Crippen LogP contribution in [-0.4, -0.2) is 77.4 Å². The number of benzene rings is 1. The van der Waals surface area contributed by atoms with Crippen molar-refractivity contribution in [3.8, 4) is 0 Å². The SMILES string of the molecule is CNCC(=O)N[C@H](C(=O)N1CC[C@@H]2[C@H]1[C@H](c1c[nH]c3cc(F)ccc13)CN2C1CCCC1)C(C)C. The summed E-state index contributed by atoms with van der Waals surface area (Å²) >= 11 is 0. The van der Waals surface area contributed by atoms with Crippen LogP contribution in [0.3, 0.4) is 0 Å². The number of nitrogens with one attached hydrogen (secondary N) is 3. The minimum Gasteiger partial charge on any atom is -0.361 e. The van der Waals surface area contributed by atoms with Crippen molar-refractivity contribution in [2.24, 2.45) is 5.92 Å². The highest BCUT2D eigenvalue weighted by molar-refractivity contribution is 5.89. The van der Waals surface area contributed by atoms with Gasteiger partial charge >= 0.3 is 0 Å². The van der Waals surface area contributed by atoms with Crippen molar-refractivity contribution in [1.29, 1.82) is 0 Å². The van der Waals surface area contributed by atoms with Gasteiger partial charge in [0.1, 0.15) is 11.9 Å². The Morgan fingerprint density at radius 3 is 2.69 bits per heavy atom. The van der Waals surface area contributed by atoms with E-state index in [9.17, 15) is 14.0 Å². The third-order valence-corrected chi connectivity index (χ3v) is 8.40. The van der Waals surface area contributed by atoms with Gasteiger partial charge in [-0.3, -0.25) is 14.5 Å². The number of hydrogen-bond donors (Lipinski definition) is 3. The molecule has 2 aromatic rings. The maximum atomic E-state index is 13.9. The zero-order chi connectivity index (χ0) is 24.7. The smallest absolute Gasteiger partial charge is 0.245 e. The van der Waals surface area contributed by atoms with E-state index in [1.165, 1.54) is 31.7 Å². The summed E-state index contributed by atoms with van der Waals surface area (Å²) in [6.07, 6.45) is 7.95. The van der Waals surface area contributed by atoms with Gasteiger partial charge in [0.25, 0.3) is 0 Å². The molecule has 3 heterocycles. The van der Waals surface area contributed by atoms with E-state index in [0.717, 1.165) is 29.4 Å². The van der Waals surface area contributed by atoms with Crippen LogP contribution in [0.4, 0.5) is 4.39 Å². The van der Waals surface area contributed by atoms with Gasteiger partial charge < -0.3 is 20.5 Å². The highest BCUT2D eigenvalue weighted by atomic mass is 19.1. The molecule has 5 rings (SSSR count). The lowest BCUT2D eigenvalue weighted by atomic mass is 9.90. The van der Waals surface area contributed by atoms with Crippen molar-refractivity contribution in [3.63, 3.8) is 0 Å². The first kappa shape index (κ1) is 24.3. The van der Waals surface area contributed by atoms with E-state index < -0.39 is 6.04 Å². The predicted molar refractivity (Wildman–Crippen MR) is 135 cm³/mol. The molecule has 3 aliphatic rings. The third kappa shape index (κ3) is 4.47. The molecule has 1 aromatic carbocycles. The van der Waals surface area contributed by atoms with Crippen LogP contribution >= 0.6 is 0 Å². The summed E-state index contributed by atoms with van der Waals surface area (Å²) in [5.41, 5.74) is 1.96. The van der Waals surface area contributed by atoms with Gasteiger partial charge in [0.15, 0.2) is 0 Å². The highest BCUT2D eigenvalue weighted by Crippen LogP contribution is 2.46. The number of aromatic amines is 1. The zero-order valence-corrected chi connectivity index (χ0v) is 21.0. The molecule has 8 heteroatoms. The standard InChI is InChI=1S/C27H38FN5O2/c1-16(2)25(31-24(34)14-29-3)27(35)32-11-10-23-26(32)21(15-33(23)18-6-4-5-7-18)20-13-30-22-12-17(28)8-9-19(20)22/h8-9,12-13,16,18,21,23,25-26,29-30H,4-7,10-11,14-15H2,1-3H3,(H,31,34)/t21-,23+,25-,26+/m0/s1. The van der Waals surface area contributed by atoms with Crippen LogP contribution in [0.5, 0.6) is 0 Å². The predicted octanol–water partition coefficient (Wildman–Crippen LogP) is 2.98. The normalized spacial score (nSPS) is 26.1. The first-order valence-electron chi connectivity index (χ1n) is 13.2. The number of nitrogens with zero attached hydrogens (tertiary/aromatic N) is 2. The summed E-state index contributed by atoms with van der Waals surface area (Å²) < 4.78 is 13.9. The molecule has 1 aliphatic carbocycles. The second-order valence-corrected chi connectivity index (χ2v) is 10.9. The van der Waals surface area contributed by atoms with Crippen molar-refractivity contribution < 1.29 is 14.0 Å². The molecule has 0 unspecified atom stereocenters. The van der Waals surface area contributed by atoms with Crippen molar-refractivity contribution >= 4 is 22.7 Å². The summed E-state index contributed by atoms with van der Waals surface area (Å²) in [4.78, 5) is 34.3. The summed E-state index contributed by atoms with van der Waals surface area (Å²) in [6.45, 7) is 5.77. The van der Waals surface area contributed by atoms with E-state index >= 15 is 0 Å². The molecule has 2 saturated heterocycles. The van der Waals surface area contributed by atoms with Crippen LogP contribution in [0.15, 0.2) is 24.4 Å². The lowest BCUT2D eigenvalue weighted by Gasteiger charge is -2.33. The first-order valence-corrected chi connectivity index (χ1v) is 13.2. The van der Waals surface area contributed by atoms with E-state index in [2.05, 4.69) is 25.4 Å². The molecule has 7 nitrogen and oxygen atoms in total. The molecule has 35 heavy (non-hydrogen) atoms. The Balaban J connectivity index is 1.48. The molecule has 190 valence electrons. The monoisotopic (exact) mass is 483 g/mol. The van der Waals surface area contributed by atoms with Gasteiger partial charge in [0.2, 0.25) is 11.8 Å². The molecule has 1 saturated carbocycles. The Morgan fingerprint density at radius 2 is 1.97 bits per heavy atom. The minimum absolute atomic E-state index is 0.00999. The maximum absolute atomic E-state index is 13.9. The third-order valence-electron chi connectivity index (χ3n) is 8.40. The molecule has 0 spiro atoms. The van der Waals surface area contributed by atoms with Gasteiger partial charge in [-0.15, -0.1) is 0 Å². The Kier molecular flexibility index (Phi) is 6.86. The molecular formula is C27H38FN5O2. The number of aromatic nitrogens is 1. The quantitative estimate of drug-likeness (QED) is 0.566. The maximum Gasteiger partial charge on any atom is 0.245 e. The average molecular weight is 484 g/mol. The van der Waals surface area contributed by atoms with Crippen LogP contribution in [-0.2, 0) is 9.59 Å². The topological polar surface area (TPSA) is 80.5 Å². The van der Waals surface area contributed by atoms with Crippen molar-refractivity contribution in [2.45, 2.75) is 76.0 Å². The summed E-state index contributed by atoms with van der Waals surface area (Å²) in [5, 5.41) is 6.87. The van der Waals surface area contributed by atoms with E-state index in [4.69, 9.17) is 0 Å². The van der Waals surface area contributed by atoms with Crippen LogP contribution in [0, 0.1) is 11.7 Å². The number of carbonyl (C=O) groups excluding carboxylic acids is 2. The molecule has 1 aromatic heterocycles. The number of carbonyl (C=O) groups is 2. The van der Waals surface area contributed by atoms with Crippen molar-refractivity contribution in [1.82, 2.24) is 25.4 Å². The Morgan fingerprint density at radius 1 is 1.20 bits per heavy atom. The molecule has 0 bridgehead atoms. The van der Waals surface area contributed by atoms with E-state index in [0.29, 0.717) is 18.6 Å². The Hall–Kier alpha value is -2.45. The number of amides is 2. The highest BCUT2D eigenvalue weighted by Gasteiger charge is 2.53. The van der Waals surface area contributed by atoms with E-state index in [-0.39, 0.29) is 42.1 Å². The number of likely N-dealkylation sites (N-methyl/N-ethyl adjacent to an activating group) is 1. The second-order valence-electron chi connectivity index (χ2n) is 10.9. The van der Waals surface area contributed by atoms with Gasteiger partial charge in [0, 0.05) is 48.2 Å².